The maximum absolute atomic E-state index is 11.4. The number of oxazole rings is 1. The van der Waals surface area contributed by atoms with Crippen LogP contribution in [-0.2, 0) is 11.3 Å². The summed E-state index contributed by atoms with van der Waals surface area (Å²) in [5, 5.41) is 6.63. The van der Waals surface area contributed by atoms with Crippen molar-refractivity contribution in [1.82, 2.24) is 25.4 Å². The van der Waals surface area contributed by atoms with Crippen LogP contribution in [0.5, 0.6) is 0 Å². The number of hydrogen-bond acceptors (Lipinski definition) is 5. The topological polar surface area (TPSA) is 86.0 Å². The predicted octanol–water partition coefficient (Wildman–Crippen LogP) is 2.18. The Balaban J connectivity index is 0.00000320. The van der Waals surface area contributed by atoms with E-state index in [1.54, 1.807) is 13.2 Å². The van der Waals surface area contributed by atoms with Gasteiger partial charge >= 0.3 is 0 Å². The van der Waals surface area contributed by atoms with E-state index in [1.807, 2.05) is 42.2 Å². The second-order valence-corrected chi connectivity index (χ2v) is 6.98. The summed E-state index contributed by atoms with van der Waals surface area (Å²) < 4.78 is 5.57. The number of halogens is 1. The highest BCUT2D eigenvalue weighted by atomic mass is 127. The van der Waals surface area contributed by atoms with Crippen molar-refractivity contribution in [1.29, 1.82) is 0 Å². The summed E-state index contributed by atoms with van der Waals surface area (Å²) in [5.41, 5.74) is 1.75. The quantitative estimate of drug-likeness (QED) is 0.327. The monoisotopic (exact) mass is 526 g/mol. The SMILES string of the molecule is CCNC(=NCc1coc(-c2ccccc2)n1)NCCN1CCN(C(C)=O)CC1.I. The number of guanidine groups is 1. The molecule has 1 aliphatic rings. The fourth-order valence-corrected chi connectivity index (χ4v) is 3.21. The van der Waals surface area contributed by atoms with E-state index < -0.39 is 0 Å². The molecule has 1 aliphatic heterocycles. The molecule has 0 bridgehead atoms. The minimum atomic E-state index is 0. The number of carbonyl (C=O) groups excluding carboxylic acids is 1. The minimum Gasteiger partial charge on any atom is -0.444 e. The summed E-state index contributed by atoms with van der Waals surface area (Å²) >= 11 is 0. The van der Waals surface area contributed by atoms with Crippen LogP contribution in [0.3, 0.4) is 0 Å². The first kappa shape index (κ1) is 24.1. The van der Waals surface area contributed by atoms with Gasteiger partial charge in [0.2, 0.25) is 11.8 Å². The summed E-state index contributed by atoms with van der Waals surface area (Å²) in [7, 11) is 0. The Morgan fingerprint density at radius 2 is 1.90 bits per heavy atom. The lowest BCUT2D eigenvalue weighted by atomic mass is 10.2. The lowest BCUT2D eigenvalue weighted by Crippen LogP contribution is -2.50. The number of aromatic nitrogens is 1. The van der Waals surface area contributed by atoms with Crippen LogP contribution < -0.4 is 10.6 Å². The molecule has 0 spiro atoms. The zero-order chi connectivity index (χ0) is 20.5. The number of nitrogens with one attached hydrogen (secondary N) is 2. The Labute approximate surface area is 195 Å². The van der Waals surface area contributed by atoms with Crippen LogP contribution in [0.2, 0.25) is 0 Å². The molecule has 3 rings (SSSR count). The van der Waals surface area contributed by atoms with Crippen molar-refractivity contribution >= 4 is 35.8 Å². The third-order valence-corrected chi connectivity index (χ3v) is 4.85. The fraction of sp³-hybridized carbons (Fsp3) is 0.476. The Kier molecular flexibility index (Phi) is 10.1. The van der Waals surface area contributed by atoms with Crippen LogP contribution in [0, 0.1) is 0 Å². The van der Waals surface area contributed by atoms with Gasteiger partial charge in [0.25, 0.3) is 0 Å². The van der Waals surface area contributed by atoms with E-state index in [1.165, 1.54) is 0 Å². The molecular weight excluding hydrogens is 495 g/mol. The highest BCUT2D eigenvalue weighted by Crippen LogP contribution is 2.18. The van der Waals surface area contributed by atoms with Gasteiger partial charge in [0, 0.05) is 58.3 Å². The van der Waals surface area contributed by atoms with Crippen molar-refractivity contribution < 1.29 is 9.21 Å². The average molecular weight is 526 g/mol. The van der Waals surface area contributed by atoms with Crippen LogP contribution >= 0.6 is 24.0 Å². The second kappa shape index (κ2) is 12.5. The molecule has 164 valence electrons. The van der Waals surface area contributed by atoms with Gasteiger partial charge in [0.15, 0.2) is 5.96 Å². The first-order valence-electron chi connectivity index (χ1n) is 10.2. The summed E-state index contributed by atoms with van der Waals surface area (Å²) in [6.07, 6.45) is 1.66. The van der Waals surface area contributed by atoms with E-state index in [9.17, 15) is 4.79 Å². The Bertz CT molecular complexity index is 803. The van der Waals surface area contributed by atoms with Crippen molar-refractivity contribution in [3.63, 3.8) is 0 Å². The molecule has 0 atom stereocenters. The number of aliphatic imine (C=N–C) groups is 1. The molecule has 2 heterocycles. The van der Waals surface area contributed by atoms with E-state index in [-0.39, 0.29) is 29.9 Å². The van der Waals surface area contributed by atoms with Crippen LogP contribution in [-0.4, -0.2) is 72.5 Å². The molecule has 9 heteroatoms. The summed E-state index contributed by atoms with van der Waals surface area (Å²) in [6, 6.07) is 9.84. The van der Waals surface area contributed by atoms with Crippen LogP contribution in [0.15, 0.2) is 46.0 Å². The zero-order valence-electron chi connectivity index (χ0n) is 17.6. The van der Waals surface area contributed by atoms with Crippen LogP contribution in [0.4, 0.5) is 0 Å². The summed E-state index contributed by atoms with van der Waals surface area (Å²) in [5.74, 6) is 1.53. The number of amides is 1. The molecular formula is C21H31IN6O2. The highest BCUT2D eigenvalue weighted by Gasteiger charge is 2.17. The number of rotatable bonds is 7. The molecule has 1 amide bonds. The summed E-state index contributed by atoms with van der Waals surface area (Å²) in [4.78, 5) is 24.8. The maximum atomic E-state index is 11.4. The number of nitrogens with zero attached hydrogens (tertiary/aromatic N) is 4. The van der Waals surface area contributed by atoms with Crippen molar-refractivity contribution in [3.05, 3.63) is 42.3 Å². The fourth-order valence-electron chi connectivity index (χ4n) is 3.21. The Morgan fingerprint density at radius 3 is 2.57 bits per heavy atom. The second-order valence-electron chi connectivity index (χ2n) is 6.98. The van der Waals surface area contributed by atoms with E-state index in [2.05, 4.69) is 25.5 Å². The Hall–Kier alpha value is -2.14. The van der Waals surface area contributed by atoms with E-state index in [0.717, 1.165) is 63.0 Å². The van der Waals surface area contributed by atoms with E-state index >= 15 is 0 Å². The standard InChI is InChI=1S/C21H30N6O2.HI/c1-3-22-21(23-9-10-26-11-13-27(14-12-26)17(2)28)24-15-19-16-29-20(25-19)18-7-5-4-6-8-18;/h4-8,16H,3,9-15H2,1-2H3,(H2,22,23,24);1H. The molecule has 1 saturated heterocycles. The lowest BCUT2D eigenvalue weighted by Gasteiger charge is -2.34. The van der Waals surface area contributed by atoms with Crippen molar-refractivity contribution in [2.24, 2.45) is 4.99 Å². The van der Waals surface area contributed by atoms with Gasteiger partial charge < -0.3 is 20.0 Å². The molecule has 30 heavy (non-hydrogen) atoms. The molecule has 2 aromatic rings. The van der Waals surface area contributed by atoms with Gasteiger partial charge in [-0.1, -0.05) is 18.2 Å². The molecule has 1 aromatic heterocycles. The van der Waals surface area contributed by atoms with Gasteiger partial charge in [-0.05, 0) is 19.1 Å². The first-order valence-corrected chi connectivity index (χ1v) is 10.2. The minimum absolute atomic E-state index is 0. The van der Waals surface area contributed by atoms with Crippen molar-refractivity contribution in [2.75, 3.05) is 45.8 Å². The van der Waals surface area contributed by atoms with Crippen LogP contribution in [0.1, 0.15) is 19.5 Å². The molecule has 1 fully saturated rings. The third kappa shape index (κ3) is 7.28. The number of hydrogen-bond donors (Lipinski definition) is 2. The lowest BCUT2D eigenvalue weighted by molar-refractivity contribution is -0.130. The molecule has 0 aliphatic carbocycles. The van der Waals surface area contributed by atoms with Gasteiger partial charge in [0.1, 0.15) is 12.0 Å². The average Bonchev–Trinajstić information content (AvgIpc) is 3.22. The predicted molar refractivity (Wildman–Crippen MR) is 129 cm³/mol. The zero-order valence-corrected chi connectivity index (χ0v) is 20.0. The number of carbonyl (C=O) groups is 1. The van der Waals surface area contributed by atoms with Gasteiger partial charge in [-0.15, -0.1) is 24.0 Å². The largest absolute Gasteiger partial charge is 0.444 e. The number of benzene rings is 1. The van der Waals surface area contributed by atoms with E-state index in [0.29, 0.717) is 12.4 Å². The maximum Gasteiger partial charge on any atom is 0.226 e. The molecule has 8 nitrogen and oxygen atoms in total. The number of piperazine rings is 1. The first-order chi connectivity index (χ1) is 14.2. The smallest absolute Gasteiger partial charge is 0.226 e. The van der Waals surface area contributed by atoms with Gasteiger partial charge in [-0.2, -0.15) is 0 Å². The van der Waals surface area contributed by atoms with Crippen molar-refractivity contribution in [2.45, 2.75) is 20.4 Å². The molecule has 0 unspecified atom stereocenters. The highest BCUT2D eigenvalue weighted by molar-refractivity contribution is 14.0. The molecule has 0 radical (unpaired) electrons. The molecule has 1 aromatic carbocycles. The Morgan fingerprint density at radius 1 is 1.17 bits per heavy atom. The molecule has 0 saturated carbocycles. The van der Waals surface area contributed by atoms with Gasteiger partial charge in [0.05, 0.1) is 6.54 Å². The molecule has 2 N–H and O–H groups in total. The van der Waals surface area contributed by atoms with E-state index in [4.69, 9.17) is 4.42 Å². The normalized spacial score (nSPS) is 14.9. The van der Waals surface area contributed by atoms with Gasteiger partial charge in [-0.25, -0.2) is 9.98 Å². The van der Waals surface area contributed by atoms with Gasteiger partial charge in [-0.3, -0.25) is 9.69 Å². The van der Waals surface area contributed by atoms with Crippen molar-refractivity contribution in [3.8, 4) is 11.5 Å². The third-order valence-electron chi connectivity index (χ3n) is 4.85. The van der Waals surface area contributed by atoms with Crippen LogP contribution in [0.25, 0.3) is 11.5 Å². The summed E-state index contributed by atoms with van der Waals surface area (Å²) in [6.45, 7) is 10.1.